The van der Waals surface area contributed by atoms with E-state index in [2.05, 4.69) is 9.97 Å². The van der Waals surface area contributed by atoms with E-state index in [9.17, 15) is 14.4 Å². The van der Waals surface area contributed by atoms with Crippen molar-refractivity contribution in [2.45, 2.75) is 6.54 Å². The summed E-state index contributed by atoms with van der Waals surface area (Å²) in [5.41, 5.74) is 0.348. The van der Waals surface area contributed by atoms with E-state index < -0.39 is 11.2 Å². The van der Waals surface area contributed by atoms with Crippen molar-refractivity contribution in [1.29, 1.82) is 0 Å². The monoisotopic (exact) mass is 233 g/mol. The second kappa shape index (κ2) is 4.25. The summed E-state index contributed by atoms with van der Waals surface area (Å²) in [7, 11) is 1.65. The van der Waals surface area contributed by atoms with Gasteiger partial charge in [0.15, 0.2) is 0 Å². The third kappa shape index (κ3) is 2.25. The van der Waals surface area contributed by atoms with Crippen molar-refractivity contribution in [1.82, 2.24) is 14.9 Å². The van der Waals surface area contributed by atoms with Crippen molar-refractivity contribution >= 4 is 17.3 Å². The topological polar surface area (TPSA) is 86.0 Å². The lowest BCUT2D eigenvalue weighted by atomic mass is 10.1. The Bertz CT molecular complexity index is 671. The van der Waals surface area contributed by atoms with E-state index in [4.69, 9.17) is 0 Å². The maximum atomic E-state index is 11.5. The number of amides is 1. The van der Waals surface area contributed by atoms with Gasteiger partial charge in [-0.25, -0.2) is 4.79 Å². The minimum absolute atomic E-state index is 0.404. The van der Waals surface area contributed by atoms with Crippen molar-refractivity contribution in [3.8, 4) is 0 Å². The molecule has 1 aromatic heterocycles. The van der Waals surface area contributed by atoms with E-state index in [0.717, 1.165) is 5.56 Å². The second-order valence-electron chi connectivity index (χ2n) is 3.81. The first-order chi connectivity index (χ1) is 8.10. The van der Waals surface area contributed by atoms with E-state index in [-0.39, 0.29) is 0 Å². The normalized spacial score (nSPS) is 10.4. The van der Waals surface area contributed by atoms with Crippen molar-refractivity contribution in [3.05, 3.63) is 44.6 Å². The van der Waals surface area contributed by atoms with Crippen LogP contribution in [0.2, 0.25) is 0 Å². The van der Waals surface area contributed by atoms with Gasteiger partial charge in [0.25, 0.3) is 5.56 Å². The van der Waals surface area contributed by atoms with Crippen molar-refractivity contribution in [2.75, 3.05) is 7.05 Å². The Kier molecular flexibility index (Phi) is 2.78. The van der Waals surface area contributed by atoms with Gasteiger partial charge in [-0.05, 0) is 17.7 Å². The first kappa shape index (κ1) is 11.1. The van der Waals surface area contributed by atoms with Gasteiger partial charge in [0, 0.05) is 13.6 Å². The van der Waals surface area contributed by atoms with Crippen LogP contribution in [0.3, 0.4) is 0 Å². The summed E-state index contributed by atoms with van der Waals surface area (Å²) in [6.07, 6.45) is 0.710. The number of nitrogens with zero attached hydrogens (tertiary/aromatic N) is 1. The molecule has 0 aliphatic carbocycles. The second-order valence-corrected chi connectivity index (χ2v) is 3.81. The quantitative estimate of drug-likeness (QED) is 0.720. The van der Waals surface area contributed by atoms with Crippen LogP contribution in [0.5, 0.6) is 0 Å². The third-order valence-corrected chi connectivity index (χ3v) is 2.42. The number of carbonyl (C=O) groups excluding carboxylic acids is 1. The molecule has 2 rings (SSSR count). The summed E-state index contributed by atoms with van der Waals surface area (Å²) >= 11 is 0. The van der Waals surface area contributed by atoms with Gasteiger partial charge in [-0.1, -0.05) is 6.07 Å². The Hall–Kier alpha value is -2.37. The largest absolute Gasteiger partial charge is 0.344 e. The molecule has 88 valence electrons. The number of aromatic nitrogens is 2. The van der Waals surface area contributed by atoms with Gasteiger partial charge in [0.1, 0.15) is 0 Å². The van der Waals surface area contributed by atoms with E-state index in [1.165, 1.54) is 4.90 Å². The third-order valence-electron chi connectivity index (χ3n) is 2.42. The molecule has 1 aromatic carbocycles. The van der Waals surface area contributed by atoms with Gasteiger partial charge < -0.3 is 9.88 Å². The van der Waals surface area contributed by atoms with Crippen LogP contribution in [0, 0.1) is 0 Å². The molecule has 0 fully saturated rings. The zero-order valence-corrected chi connectivity index (χ0v) is 9.19. The molecule has 17 heavy (non-hydrogen) atoms. The summed E-state index contributed by atoms with van der Waals surface area (Å²) in [6.45, 7) is 0.415. The molecule has 0 bridgehead atoms. The molecule has 0 saturated carbocycles. The van der Waals surface area contributed by atoms with E-state index in [1.807, 2.05) is 0 Å². The fourth-order valence-corrected chi connectivity index (χ4v) is 1.64. The molecule has 0 radical (unpaired) electrons. The standard InChI is InChI=1S/C11H11N3O3/c1-14(6-15)5-7-2-3-9-8(4-7)10(16)13-11(17)12-9/h2-4,6H,5H2,1H3,(H2,12,13,16,17). The predicted octanol–water partition coefficient (Wildman–Crippen LogP) is -0.195. The minimum Gasteiger partial charge on any atom is -0.344 e. The van der Waals surface area contributed by atoms with Crippen LogP contribution in [0.25, 0.3) is 10.9 Å². The predicted molar refractivity (Wildman–Crippen MR) is 62.7 cm³/mol. The lowest BCUT2D eigenvalue weighted by Gasteiger charge is -2.10. The van der Waals surface area contributed by atoms with Crippen molar-refractivity contribution in [2.24, 2.45) is 0 Å². The molecular weight excluding hydrogens is 222 g/mol. The zero-order chi connectivity index (χ0) is 12.4. The number of fused-ring (bicyclic) bond motifs is 1. The number of H-pyrrole nitrogens is 2. The van der Waals surface area contributed by atoms with E-state index >= 15 is 0 Å². The van der Waals surface area contributed by atoms with Gasteiger partial charge in [-0.3, -0.25) is 14.6 Å². The molecule has 0 spiro atoms. The van der Waals surface area contributed by atoms with Gasteiger partial charge in [-0.15, -0.1) is 0 Å². The van der Waals surface area contributed by atoms with Crippen LogP contribution in [0.4, 0.5) is 0 Å². The number of hydrogen-bond acceptors (Lipinski definition) is 3. The zero-order valence-electron chi connectivity index (χ0n) is 9.19. The molecule has 2 aromatic rings. The van der Waals surface area contributed by atoms with Crippen molar-refractivity contribution in [3.63, 3.8) is 0 Å². The van der Waals surface area contributed by atoms with Crippen LogP contribution < -0.4 is 11.2 Å². The van der Waals surface area contributed by atoms with Crippen molar-refractivity contribution < 1.29 is 4.79 Å². The lowest BCUT2D eigenvalue weighted by molar-refractivity contribution is -0.117. The molecule has 0 unspecified atom stereocenters. The summed E-state index contributed by atoms with van der Waals surface area (Å²) < 4.78 is 0. The number of hydrogen-bond donors (Lipinski definition) is 2. The molecule has 1 amide bonds. The highest BCUT2D eigenvalue weighted by molar-refractivity contribution is 5.77. The summed E-state index contributed by atoms with van der Waals surface area (Å²) in [6, 6.07) is 5.07. The van der Waals surface area contributed by atoms with Crippen LogP contribution >= 0.6 is 0 Å². The molecule has 0 saturated heterocycles. The van der Waals surface area contributed by atoms with Crippen LogP contribution in [0.15, 0.2) is 27.8 Å². The van der Waals surface area contributed by atoms with E-state index in [0.29, 0.717) is 23.9 Å². The number of carbonyl (C=O) groups is 1. The Morgan fingerprint density at radius 3 is 2.76 bits per heavy atom. The van der Waals surface area contributed by atoms with Crippen LogP contribution in [-0.2, 0) is 11.3 Å². The highest BCUT2D eigenvalue weighted by atomic mass is 16.2. The number of benzene rings is 1. The number of rotatable bonds is 3. The van der Waals surface area contributed by atoms with Gasteiger partial charge >= 0.3 is 5.69 Å². The fraction of sp³-hybridized carbons (Fsp3) is 0.182. The molecular formula is C11H11N3O3. The average molecular weight is 233 g/mol. The molecule has 6 nitrogen and oxygen atoms in total. The minimum atomic E-state index is -0.528. The first-order valence-electron chi connectivity index (χ1n) is 5.01. The van der Waals surface area contributed by atoms with Gasteiger partial charge in [-0.2, -0.15) is 0 Å². The Morgan fingerprint density at radius 1 is 1.29 bits per heavy atom. The highest BCUT2D eigenvalue weighted by Crippen LogP contribution is 2.09. The molecule has 0 aliphatic rings. The SMILES string of the molecule is CN(C=O)Cc1ccc2[nH]c(=O)[nH]c(=O)c2c1. The maximum absolute atomic E-state index is 11.5. The molecule has 6 heteroatoms. The smallest absolute Gasteiger partial charge is 0.326 e. The number of nitrogens with one attached hydrogen (secondary N) is 2. The summed E-state index contributed by atoms with van der Waals surface area (Å²) in [4.78, 5) is 39.2. The Morgan fingerprint density at radius 2 is 2.06 bits per heavy atom. The van der Waals surface area contributed by atoms with E-state index in [1.54, 1.807) is 25.2 Å². The first-order valence-corrected chi connectivity index (χ1v) is 5.01. The summed E-state index contributed by atoms with van der Waals surface area (Å²) in [5.74, 6) is 0. The average Bonchev–Trinajstić information content (AvgIpc) is 2.29. The summed E-state index contributed by atoms with van der Waals surface area (Å²) in [5, 5.41) is 0.404. The van der Waals surface area contributed by atoms with Gasteiger partial charge in [0.2, 0.25) is 6.41 Å². The Labute approximate surface area is 95.9 Å². The highest BCUT2D eigenvalue weighted by Gasteiger charge is 2.03. The van der Waals surface area contributed by atoms with Crippen LogP contribution in [0.1, 0.15) is 5.56 Å². The molecule has 0 atom stereocenters. The molecule has 1 heterocycles. The van der Waals surface area contributed by atoms with Gasteiger partial charge in [0.05, 0.1) is 10.9 Å². The number of aromatic amines is 2. The molecule has 2 N–H and O–H groups in total. The van der Waals surface area contributed by atoms with Crippen LogP contribution in [-0.4, -0.2) is 28.3 Å². The molecule has 0 aliphatic heterocycles. The lowest BCUT2D eigenvalue weighted by Crippen LogP contribution is -2.22. The maximum Gasteiger partial charge on any atom is 0.326 e. The fourth-order valence-electron chi connectivity index (χ4n) is 1.64. The Balaban J connectivity index is 2.54.